The van der Waals surface area contributed by atoms with E-state index in [9.17, 15) is 39.6 Å². The molecule has 1 heterocycles. The lowest BCUT2D eigenvalue weighted by Gasteiger charge is -2.25. The van der Waals surface area contributed by atoms with Crippen LogP contribution in [-0.2, 0) is 22.2 Å². The summed E-state index contributed by atoms with van der Waals surface area (Å²) in [6.45, 7) is 2.39. The van der Waals surface area contributed by atoms with E-state index in [1.807, 2.05) is 0 Å². The van der Waals surface area contributed by atoms with Gasteiger partial charge in [-0.15, -0.1) is 0 Å². The summed E-state index contributed by atoms with van der Waals surface area (Å²) in [5, 5.41) is 2.35. The van der Waals surface area contributed by atoms with E-state index in [1.165, 1.54) is 13.8 Å². The fraction of sp³-hybridized carbons (Fsp3) is 0.368. The van der Waals surface area contributed by atoms with Crippen LogP contribution in [0.3, 0.4) is 0 Å². The topological polar surface area (TPSA) is 76.1 Å². The molecule has 2 aromatic rings. The molecule has 1 N–H and O–H groups in total. The quantitative estimate of drug-likeness (QED) is 0.634. The zero-order chi connectivity index (χ0) is 23.7. The Morgan fingerprint density at radius 3 is 2.10 bits per heavy atom. The van der Waals surface area contributed by atoms with Gasteiger partial charge in [0, 0.05) is 12.7 Å². The molecular formula is C19H18F6N2O3S. The molecule has 0 spiro atoms. The molecule has 5 nitrogen and oxygen atoms in total. The third-order valence-electron chi connectivity index (χ3n) is 4.54. The summed E-state index contributed by atoms with van der Waals surface area (Å²) in [5.74, 6) is -0.819. The lowest BCUT2D eigenvalue weighted by atomic mass is 10.1. The average molecular weight is 468 g/mol. The molecule has 1 amide bonds. The maximum atomic E-state index is 12.9. The summed E-state index contributed by atoms with van der Waals surface area (Å²) in [7, 11) is -4.20. The minimum absolute atomic E-state index is 0.169. The van der Waals surface area contributed by atoms with Gasteiger partial charge < -0.3 is 5.32 Å². The number of rotatable bonds is 6. The van der Waals surface area contributed by atoms with Crippen molar-refractivity contribution in [3.63, 3.8) is 0 Å². The Balaban J connectivity index is 2.08. The van der Waals surface area contributed by atoms with E-state index in [2.05, 4.69) is 10.3 Å². The van der Waals surface area contributed by atoms with Crippen LogP contribution < -0.4 is 5.32 Å². The number of benzene rings is 1. The SMILES string of the molecule is CC(C)(CCNC(=O)c1ccc(C(F)(F)F)cn1)S(=O)(=O)c1cccc(C(F)(F)F)c1. The molecular weight excluding hydrogens is 450 g/mol. The summed E-state index contributed by atoms with van der Waals surface area (Å²) >= 11 is 0. The Morgan fingerprint density at radius 2 is 1.58 bits per heavy atom. The summed E-state index contributed by atoms with van der Waals surface area (Å²) in [6, 6.07) is 4.90. The van der Waals surface area contributed by atoms with Crippen molar-refractivity contribution in [2.45, 2.75) is 42.3 Å². The van der Waals surface area contributed by atoms with Crippen molar-refractivity contribution in [2.75, 3.05) is 6.54 Å². The highest BCUT2D eigenvalue weighted by Gasteiger charge is 2.38. The molecule has 0 aliphatic heterocycles. The number of amides is 1. The first-order valence-corrected chi connectivity index (χ1v) is 10.3. The summed E-state index contributed by atoms with van der Waals surface area (Å²) in [5.41, 5.74) is -2.44. The molecule has 0 atom stereocenters. The minimum atomic E-state index is -4.71. The van der Waals surface area contributed by atoms with E-state index < -0.39 is 48.9 Å². The highest BCUT2D eigenvalue weighted by atomic mass is 32.2. The number of carbonyl (C=O) groups is 1. The molecule has 2 rings (SSSR count). The van der Waals surface area contributed by atoms with E-state index in [0.29, 0.717) is 18.3 Å². The average Bonchev–Trinajstić information content (AvgIpc) is 2.66. The van der Waals surface area contributed by atoms with Crippen LogP contribution in [0.4, 0.5) is 26.3 Å². The predicted octanol–water partition coefficient (Wildman–Crippen LogP) is 4.49. The zero-order valence-electron chi connectivity index (χ0n) is 16.3. The van der Waals surface area contributed by atoms with Gasteiger partial charge in [0.05, 0.1) is 20.8 Å². The second-order valence-electron chi connectivity index (χ2n) is 7.22. The first kappa shape index (κ1) is 24.6. The number of aromatic nitrogens is 1. The van der Waals surface area contributed by atoms with Gasteiger partial charge in [0.2, 0.25) is 0 Å². The van der Waals surface area contributed by atoms with Gasteiger partial charge in [-0.05, 0) is 50.6 Å². The van der Waals surface area contributed by atoms with E-state index in [1.54, 1.807) is 0 Å². The summed E-state index contributed by atoms with van der Waals surface area (Å²) in [4.78, 5) is 15.0. The van der Waals surface area contributed by atoms with E-state index >= 15 is 0 Å². The largest absolute Gasteiger partial charge is 0.417 e. The molecule has 0 radical (unpaired) electrons. The van der Waals surface area contributed by atoms with Gasteiger partial charge >= 0.3 is 12.4 Å². The number of sulfone groups is 1. The van der Waals surface area contributed by atoms with Gasteiger partial charge in [-0.2, -0.15) is 26.3 Å². The summed E-state index contributed by atoms with van der Waals surface area (Å²) in [6.07, 6.45) is -8.99. The number of nitrogens with zero attached hydrogens (tertiary/aromatic N) is 1. The monoisotopic (exact) mass is 468 g/mol. The molecule has 0 bridgehead atoms. The van der Waals surface area contributed by atoms with Gasteiger partial charge in [0.1, 0.15) is 5.69 Å². The van der Waals surface area contributed by atoms with Crippen LogP contribution in [0, 0.1) is 0 Å². The van der Waals surface area contributed by atoms with Crippen LogP contribution in [0.25, 0.3) is 0 Å². The van der Waals surface area contributed by atoms with Gasteiger partial charge in [0.15, 0.2) is 9.84 Å². The lowest BCUT2D eigenvalue weighted by molar-refractivity contribution is -0.138. The fourth-order valence-electron chi connectivity index (χ4n) is 2.56. The number of carbonyl (C=O) groups excluding carboxylic acids is 1. The maximum Gasteiger partial charge on any atom is 0.417 e. The zero-order valence-corrected chi connectivity index (χ0v) is 17.1. The Hall–Kier alpha value is -2.63. The molecule has 0 saturated carbocycles. The van der Waals surface area contributed by atoms with Crippen LogP contribution in [0.5, 0.6) is 0 Å². The number of halogens is 6. The normalized spacial score (nSPS) is 13.2. The van der Waals surface area contributed by atoms with Crippen molar-refractivity contribution in [3.05, 3.63) is 59.4 Å². The van der Waals surface area contributed by atoms with E-state index in [0.717, 1.165) is 24.3 Å². The van der Waals surface area contributed by atoms with Crippen LogP contribution in [0.15, 0.2) is 47.5 Å². The Bertz CT molecular complexity index is 1050. The number of hydrogen-bond donors (Lipinski definition) is 1. The van der Waals surface area contributed by atoms with Gasteiger partial charge in [-0.1, -0.05) is 6.07 Å². The molecule has 0 saturated heterocycles. The molecule has 170 valence electrons. The molecule has 12 heteroatoms. The fourth-order valence-corrected chi connectivity index (χ4v) is 4.11. The number of pyridine rings is 1. The predicted molar refractivity (Wildman–Crippen MR) is 98.9 cm³/mol. The molecule has 31 heavy (non-hydrogen) atoms. The number of alkyl halides is 6. The molecule has 1 aromatic carbocycles. The minimum Gasteiger partial charge on any atom is -0.351 e. The number of nitrogens with one attached hydrogen (secondary N) is 1. The lowest BCUT2D eigenvalue weighted by Crippen LogP contribution is -2.37. The Morgan fingerprint density at radius 1 is 0.968 bits per heavy atom. The highest BCUT2D eigenvalue weighted by Crippen LogP contribution is 2.34. The number of hydrogen-bond acceptors (Lipinski definition) is 4. The molecule has 0 unspecified atom stereocenters. The van der Waals surface area contributed by atoms with Gasteiger partial charge in [0.25, 0.3) is 5.91 Å². The third-order valence-corrected chi connectivity index (χ3v) is 7.07. The molecule has 0 fully saturated rings. The Kier molecular flexibility index (Phi) is 6.74. The molecule has 0 aliphatic carbocycles. The van der Waals surface area contributed by atoms with Crippen molar-refractivity contribution in [2.24, 2.45) is 0 Å². The van der Waals surface area contributed by atoms with Gasteiger partial charge in [-0.25, -0.2) is 8.42 Å². The van der Waals surface area contributed by atoms with Crippen LogP contribution >= 0.6 is 0 Å². The van der Waals surface area contributed by atoms with Crippen LogP contribution in [-0.4, -0.2) is 30.6 Å². The third kappa shape index (κ3) is 5.75. The second kappa shape index (κ2) is 8.48. The molecule has 1 aromatic heterocycles. The van der Waals surface area contributed by atoms with Crippen molar-refractivity contribution in [1.29, 1.82) is 0 Å². The highest BCUT2D eigenvalue weighted by molar-refractivity contribution is 7.92. The second-order valence-corrected chi connectivity index (χ2v) is 9.81. The Labute approximate surface area is 174 Å². The van der Waals surface area contributed by atoms with Crippen molar-refractivity contribution in [3.8, 4) is 0 Å². The van der Waals surface area contributed by atoms with Crippen molar-refractivity contribution in [1.82, 2.24) is 10.3 Å². The van der Waals surface area contributed by atoms with Crippen molar-refractivity contribution >= 4 is 15.7 Å². The molecule has 0 aliphatic rings. The first-order valence-electron chi connectivity index (χ1n) is 8.79. The first-order chi connectivity index (χ1) is 14.1. The standard InChI is InChI=1S/C19H18F6N2O3S/c1-17(2,31(29,30)14-5-3-4-12(10-14)18(20,21)22)8-9-26-16(28)15-7-6-13(11-27-15)19(23,24)25/h3-7,10-11H,8-9H2,1-2H3,(H,26,28). The van der Waals surface area contributed by atoms with Crippen LogP contribution in [0.1, 0.15) is 41.9 Å². The van der Waals surface area contributed by atoms with Gasteiger partial charge in [-0.3, -0.25) is 9.78 Å². The van der Waals surface area contributed by atoms with E-state index in [-0.39, 0.29) is 18.7 Å². The summed E-state index contributed by atoms with van der Waals surface area (Å²) < 4.78 is 100. The van der Waals surface area contributed by atoms with Crippen molar-refractivity contribution < 1.29 is 39.6 Å². The maximum absolute atomic E-state index is 12.9. The van der Waals surface area contributed by atoms with Crippen LogP contribution in [0.2, 0.25) is 0 Å². The van der Waals surface area contributed by atoms with E-state index in [4.69, 9.17) is 0 Å². The smallest absolute Gasteiger partial charge is 0.351 e.